The Hall–Kier alpha value is -1.84. The van der Waals surface area contributed by atoms with Crippen LogP contribution in [-0.4, -0.2) is 15.9 Å². The third kappa shape index (κ3) is 2.69. The molecule has 1 heterocycles. The molecule has 3 rings (SSSR count). The first-order chi connectivity index (χ1) is 9.74. The van der Waals surface area contributed by atoms with Crippen molar-refractivity contribution in [3.05, 3.63) is 30.1 Å². The average molecular weight is 271 g/mol. The van der Waals surface area contributed by atoms with Crippen molar-refractivity contribution in [3.8, 4) is 0 Å². The van der Waals surface area contributed by atoms with Gasteiger partial charge in [0.05, 0.1) is 17.1 Å². The summed E-state index contributed by atoms with van der Waals surface area (Å²) < 4.78 is 0. The topological polar surface area (TPSA) is 57.8 Å². The molecule has 1 aromatic carbocycles. The maximum absolute atomic E-state index is 12.2. The summed E-state index contributed by atoms with van der Waals surface area (Å²) >= 11 is 0. The number of aromatic nitrogens is 2. The number of amides is 1. The fourth-order valence-electron chi connectivity index (χ4n) is 2.94. The minimum absolute atomic E-state index is 0.0724. The molecule has 106 valence electrons. The smallest absolute Gasteiger partial charge is 0.223 e. The Morgan fingerprint density at radius 3 is 2.80 bits per heavy atom. The molecule has 1 atom stereocenters. The van der Waals surface area contributed by atoms with Gasteiger partial charge in [-0.2, -0.15) is 0 Å². The van der Waals surface area contributed by atoms with Crippen molar-refractivity contribution in [3.63, 3.8) is 0 Å². The number of imidazole rings is 1. The highest BCUT2D eigenvalue weighted by molar-refractivity contribution is 5.79. The lowest BCUT2D eigenvalue weighted by Gasteiger charge is -2.22. The molecule has 1 amide bonds. The first-order valence-corrected chi connectivity index (χ1v) is 7.49. The lowest BCUT2D eigenvalue weighted by atomic mass is 9.88. The Balaban J connectivity index is 1.68. The van der Waals surface area contributed by atoms with Crippen LogP contribution in [0.25, 0.3) is 11.0 Å². The van der Waals surface area contributed by atoms with Crippen LogP contribution in [0.2, 0.25) is 0 Å². The molecular weight excluding hydrogens is 250 g/mol. The van der Waals surface area contributed by atoms with E-state index in [-0.39, 0.29) is 17.9 Å². The number of para-hydroxylation sites is 2. The molecule has 0 saturated heterocycles. The van der Waals surface area contributed by atoms with E-state index in [1.807, 2.05) is 31.2 Å². The van der Waals surface area contributed by atoms with E-state index < -0.39 is 0 Å². The summed E-state index contributed by atoms with van der Waals surface area (Å²) in [5, 5.41) is 3.09. The Morgan fingerprint density at radius 1 is 1.30 bits per heavy atom. The van der Waals surface area contributed by atoms with Gasteiger partial charge in [0.1, 0.15) is 5.82 Å². The molecule has 1 saturated carbocycles. The van der Waals surface area contributed by atoms with Gasteiger partial charge in [-0.3, -0.25) is 4.79 Å². The van der Waals surface area contributed by atoms with E-state index in [9.17, 15) is 4.79 Å². The van der Waals surface area contributed by atoms with Gasteiger partial charge >= 0.3 is 0 Å². The highest BCUT2D eigenvalue weighted by Crippen LogP contribution is 2.24. The molecule has 1 fully saturated rings. The van der Waals surface area contributed by atoms with Crippen LogP contribution in [0.5, 0.6) is 0 Å². The Bertz CT molecular complexity index is 566. The second kappa shape index (κ2) is 5.65. The number of rotatable bonds is 3. The molecule has 4 nitrogen and oxygen atoms in total. The SMILES string of the molecule is CC(NC(=O)C1CCCCC1)c1nc2ccccc2[nH]1. The molecule has 0 spiro atoms. The summed E-state index contributed by atoms with van der Waals surface area (Å²) in [5.41, 5.74) is 1.96. The zero-order valence-corrected chi connectivity index (χ0v) is 11.9. The van der Waals surface area contributed by atoms with E-state index in [0.717, 1.165) is 29.7 Å². The summed E-state index contributed by atoms with van der Waals surface area (Å²) in [6, 6.07) is 7.86. The van der Waals surface area contributed by atoms with Crippen LogP contribution in [0.15, 0.2) is 24.3 Å². The highest BCUT2D eigenvalue weighted by atomic mass is 16.1. The van der Waals surface area contributed by atoms with E-state index in [2.05, 4.69) is 15.3 Å². The number of carbonyl (C=O) groups excluding carboxylic acids is 1. The largest absolute Gasteiger partial charge is 0.346 e. The molecular formula is C16H21N3O. The number of H-pyrrole nitrogens is 1. The summed E-state index contributed by atoms with van der Waals surface area (Å²) in [4.78, 5) is 20.1. The van der Waals surface area contributed by atoms with Gasteiger partial charge in [-0.05, 0) is 31.9 Å². The number of benzene rings is 1. The molecule has 0 radical (unpaired) electrons. The van der Waals surface area contributed by atoms with Crippen LogP contribution < -0.4 is 5.32 Å². The number of hydrogen-bond acceptors (Lipinski definition) is 2. The van der Waals surface area contributed by atoms with Crippen molar-refractivity contribution in [1.29, 1.82) is 0 Å². The van der Waals surface area contributed by atoms with Crippen LogP contribution in [-0.2, 0) is 4.79 Å². The summed E-state index contributed by atoms with van der Waals surface area (Å²) in [5.74, 6) is 1.20. The average Bonchev–Trinajstić information content (AvgIpc) is 2.92. The number of fused-ring (bicyclic) bond motifs is 1. The third-order valence-corrected chi connectivity index (χ3v) is 4.15. The van der Waals surface area contributed by atoms with Gasteiger partial charge in [-0.25, -0.2) is 4.98 Å². The molecule has 0 aliphatic heterocycles. The monoisotopic (exact) mass is 271 g/mol. The second-order valence-electron chi connectivity index (χ2n) is 5.70. The van der Waals surface area contributed by atoms with Gasteiger partial charge in [0, 0.05) is 5.92 Å². The van der Waals surface area contributed by atoms with Gasteiger partial charge in [-0.1, -0.05) is 31.4 Å². The zero-order chi connectivity index (χ0) is 13.9. The van der Waals surface area contributed by atoms with E-state index in [4.69, 9.17) is 0 Å². The van der Waals surface area contributed by atoms with Gasteiger partial charge in [0.15, 0.2) is 0 Å². The number of nitrogens with one attached hydrogen (secondary N) is 2. The maximum Gasteiger partial charge on any atom is 0.223 e. The van der Waals surface area contributed by atoms with E-state index in [1.54, 1.807) is 0 Å². The van der Waals surface area contributed by atoms with Crippen LogP contribution in [0.1, 0.15) is 50.9 Å². The van der Waals surface area contributed by atoms with Crippen molar-refractivity contribution >= 4 is 16.9 Å². The fourth-order valence-corrected chi connectivity index (χ4v) is 2.94. The number of hydrogen-bond donors (Lipinski definition) is 2. The fraction of sp³-hybridized carbons (Fsp3) is 0.500. The highest BCUT2D eigenvalue weighted by Gasteiger charge is 2.23. The normalized spacial score (nSPS) is 18.1. The maximum atomic E-state index is 12.2. The van der Waals surface area contributed by atoms with Crippen LogP contribution in [0.3, 0.4) is 0 Å². The number of nitrogens with zero attached hydrogens (tertiary/aromatic N) is 1. The van der Waals surface area contributed by atoms with Crippen molar-refractivity contribution in [2.75, 3.05) is 0 Å². The minimum atomic E-state index is -0.0724. The van der Waals surface area contributed by atoms with Crippen molar-refractivity contribution in [1.82, 2.24) is 15.3 Å². The summed E-state index contributed by atoms with van der Waals surface area (Å²) in [6.07, 6.45) is 5.68. The molecule has 0 bridgehead atoms. The van der Waals surface area contributed by atoms with Gasteiger partial charge in [0.2, 0.25) is 5.91 Å². The van der Waals surface area contributed by atoms with Crippen molar-refractivity contribution in [2.24, 2.45) is 5.92 Å². The standard InChI is InChI=1S/C16H21N3O/c1-11(17-16(20)12-7-3-2-4-8-12)15-18-13-9-5-6-10-14(13)19-15/h5-6,9-12H,2-4,7-8H2,1H3,(H,17,20)(H,18,19). The quantitative estimate of drug-likeness (QED) is 0.899. The molecule has 2 aromatic rings. The van der Waals surface area contributed by atoms with E-state index in [0.29, 0.717) is 0 Å². The first-order valence-electron chi connectivity index (χ1n) is 7.49. The van der Waals surface area contributed by atoms with Gasteiger partial charge in [-0.15, -0.1) is 0 Å². The molecule has 1 aliphatic carbocycles. The molecule has 20 heavy (non-hydrogen) atoms. The molecule has 2 N–H and O–H groups in total. The minimum Gasteiger partial charge on any atom is -0.346 e. The van der Waals surface area contributed by atoms with E-state index >= 15 is 0 Å². The summed E-state index contributed by atoms with van der Waals surface area (Å²) in [6.45, 7) is 1.98. The predicted molar refractivity (Wildman–Crippen MR) is 79.2 cm³/mol. The number of carbonyl (C=O) groups is 1. The lowest BCUT2D eigenvalue weighted by Crippen LogP contribution is -2.34. The lowest BCUT2D eigenvalue weighted by molar-refractivity contribution is -0.126. The second-order valence-corrected chi connectivity index (χ2v) is 5.70. The first kappa shape index (κ1) is 13.2. The Morgan fingerprint density at radius 2 is 2.05 bits per heavy atom. The molecule has 1 aromatic heterocycles. The van der Waals surface area contributed by atoms with Crippen molar-refractivity contribution in [2.45, 2.75) is 45.1 Å². The number of aromatic amines is 1. The molecule has 4 heteroatoms. The Kier molecular flexibility index (Phi) is 3.72. The zero-order valence-electron chi connectivity index (χ0n) is 11.9. The van der Waals surface area contributed by atoms with Gasteiger partial charge < -0.3 is 10.3 Å². The van der Waals surface area contributed by atoms with Gasteiger partial charge in [0.25, 0.3) is 0 Å². The summed E-state index contributed by atoms with van der Waals surface area (Å²) in [7, 11) is 0. The van der Waals surface area contributed by atoms with Crippen LogP contribution in [0.4, 0.5) is 0 Å². The third-order valence-electron chi connectivity index (χ3n) is 4.15. The van der Waals surface area contributed by atoms with Crippen LogP contribution in [0, 0.1) is 5.92 Å². The van der Waals surface area contributed by atoms with E-state index in [1.165, 1.54) is 19.3 Å². The van der Waals surface area contributed by atoms with Crippen LogP contribution >= 0.6 is 0 Å². The predicted octanol–water partition coefficient (Wildman–Crippen LogP) is 3.32. The van der Waals surface area contributed by atoms with Crippen molar-refractivity contribution < 1.29 is 4.79 Å². The molecule has 1 unspecified atom stereocenters. The Labute approximate surface area is 119 Å². The molecule has 1 aliphatic rings.